The predicted molar refractivity (Wildman–Crippen MR) is 140 cm³/mol. The third kappa shape index (κ3) is 4.35. The first-order chi connectivity index (χ1) is 17.1. The minimum atomic E-state index is 0.155. The fourth-order valence-corrected chi connectivity index (χ4v) is 6.16. The summed E-state index contributed by atoms with van der Waals surface area (Å²) in [5.74, 6) is 1.60. The number of likely N-dealkylation sites (N-methyl/N-ethyl adjacent to an activating group) is 1. The van der Waals surface area contributed by atoms with E-state index in [1.807, 2.05) is 24.3 Å². The normalized spacial score (nSPS) is 23.8. The van der Waals surface area contributed by atoms with Crippen molar-refractivity contribution in [3.63, 3.8) is 0 Å². The molecule has 2 fully saturated rings. The lowest BCUT2D eigenvalue weighted by Gasteiger charge is -2.45. The maximum atomic E-state index is 9.18. The molecule has 2 aliphatic rings. The van der Waals surface area contributed by atoms with E-state index < -0.39 is 0 Å². The van der Waals surface area contributed by atoms with Crippen LogP contribution in [0.25, 0.3) is 11.1 Å². The van der Waals surface area contributed by atoms with Crippen molar-refractivity contribution >= 4 is 5.69 Å². The molecule has 3 aromatic rings. The van der Waals surface area contributed by atoms with Crippen LogP contribution < -0.4 is 14.8 Å². The van der Waals surface area contributed by atoms with Crippen molar-refractivity contribution in [2.75, 3.05) is 33.1 Å². The van der Waals surface area contributed by atoms with Crippen molar-refractivity contribution in [2.45, 2.75) is 43.2 Å². The summed E-state index contributed by atoms with van der Waals surface area (Å²) in [6, 6.07) is 26.0. The third-order valence-electron chi connectivity index (χ3n) is 8.07. The number of rotatable bonds is 6. The molecule has 1 saturated carbocycles. The zero-order chi connectivity index (χ0) is 24.4. The maximum Gasteiger partial charge on any atom is 0.161 e. The van der Waals surface area contributed by atoms with E-state index in [2.05, 4.69) is 65.8 Å². The molecule has 0 aromatic heterocycles. The molecule has 180 valence electrons. The second-order valence-electron chi connectivity index (χ2n) is 9.86. The Labute approximate surface area is 208 Å². The van der Waals surface area contributed by atoms with Crippen molar-refractivity contribution < 1.29 is 9.47 Å². The highest BCUT2D eigenvalue weighted by Gasteiger charge is 2.50. The first kappa shape index (κ1) is 23.3. The largest absolute Gasteiger partial charge is 0.493 e. The Bertz CT molecular complexity index is 1230. The van der Waals surface area contributed by atoms with Crippen molar-refractivity contribution in [3.8, 4) is 28.7 Å². The molecule has 0 amide bonds. The van der Waals surface area contributed by atoms with E-state index >= 15 is 0 Å². The molecule has 0 bridgehead atoms. The van der Waals surface area contributed by atoms with Gasteiger partial charge >= 0.3 is 0 Å². The van der Waals surface area contributed by atoms with Crippen LogP contribution >= 0.6 is 0 Å². The van der Waals surface area contributed by atoms with Crippen molar-refractivity contribution in [1.82, 2.24) is 4.90 Å². The summed E-state index contributed by atoms with van der Waals surface area (Å²) in [4.78, 5) is 2.54. The van der Waals surface area contributed by atoms with Gasteiger partial charge in [-0.15, -0.1) is 0 Å². The number of hydrogen-bond donors (Lipinski definition) is 1. The highest BCUT2D eigenvalue weighted by Crippen LogP contribution is 2.50. The molecule has 3 aromatic carbocycles. The number of nitrogens with zero attached hydrogens (tertiary/aromatic N) is 2. The molecule has 1 saturated heterocycles. The molecule has 1 unspecified atom stereocenters. The number of fused-ring (bicyclic) bond motifs is 1. The quantitative estimate of drug-likeness (QED) is 0.493. The fourth-order valence-electron chi connectivity index (χ4n) is 6.16. The van der Waals surface area contributed by atoms with Crippen LogP contribution in [0.15, 0.2) is 66.7 Å². The number of ether oxygens (including phenoxy) is 2. The Morgan fingerprint density at radius 2 is 1.74 bits per heavy atom. The van der Waals surface area contributed by atoms with Gasteiger partial charge in [-0.25, -0.2) is 0 Å². The van der Waals surface area contributed by atoms with Crippen molar-refractivity contribution in [3.05, 3.63) is 77.9 Å². The first-order valence-corrected chi connectivity index (χ1v) is 12.4. The van der Waals surface area contributed by atoms with Gasteiger partial charge in [-0.1, -0.05) is 30.3 Å². The van der Waals surface area contributed by atoms with E-state index in [1.54, 1.807) is 14.2 Å². The lowest BCUT2D eigenvalue weighted by molar-refractivity contribution is 0.172. The summed E-state index contributed by atoms with van der Waals surface area (Å²) < 4.78 is 11.1. The highest BCUT2D eigenvalue weighted by atomic mass is 16.5. The van der Waals surface area contributed by atoms with Gasteiger partial charge in [0.2, 0.25) is 0 Å². The van der Waals surface area contributed by atoms with E-state index in [1.165, 1.54) is 12.0 Å². The van der Waals surface area contributed by atoms with Gasteiger partial charge in [0.15, 0.2) is 11.5 Å². The van der Waals surface area contributed by atoms with Gasteiger partial charge in [0.05, 0.1) is 25.9 Å². The maximum absolute atomic E-state index is 9.18. The minimum absolute atomic E-state index is 0.155. The third-order valence-corrected chi connectivity index (χ3v) is 8.07. The molecule has 5 rings (SSSR count). The Kier molecular flexibility index (Phi) is 6.40. The molecular formula is C30H33N3O2. The van der Waals surface area contributed by atoms with Gasteiger partial charge < -0.3 is 19.7 Å². The smallest absolute Gasteiger partial charge is 0.161 e. The Morgan fingerprint density at radius 1 is 0.943 bits per heavy atom. The molecule has 5 nitrogen and oxygen atoms in total. The molecule has 1 aliphatic heterocycles. The topological polar surface area (TPSA) is 57.5 Å². The van der Waals surface area contributed by atoms with Crippen LogP contribution in [0.5, 0.6) is 11.5 Å². The zero-order valence-corrected chi connectivity index (χ0v) is 20.8. The van der Waals surface area contributed by atoms with Gasteiger partial charge in [0, 0.05) is 23.2 Å². The van der Waals surface area contributed by atoms with Crippen LogP contribution in [0.1, 0.15) is 36.8 Å². The minimum Gasteiger partial charge on any atom is -0.493 e. The highest BCUT2D eigenvalue weighted by molar-refractivity contribution is 5.67. The number of methoxy groups -OCH3 is 2. The standard InChI is InChI=1S/C30H33N3O2/c1-33-16-15-30(24-9-12-27(34-2)28(18-24)35-3)14-13-26(19-29(30)33)32-25-10-7-22(8-11-25)23-6-4-5-21(17-23)20-31/h4-12,17-18,26,29,32H,13-16,19H2,1-3H3/t26?,29-,30-/m0/s1. The Hall–Kier alpha value is -3.49. The number of benzene rings is 3. The second kappa shape index (κ2) is 9.64. The summed E-state index contributed by atoms with van der Waals surface area (Å²) in [7, 11) is 5.67. The van der Waals surface area contributed by atoms with Crippen molar-refractivity contribution in [1.29, 1.82) is 5.26 Å². The van der Waals surface area contributed by atoms with Gasteiger partial charge in [0.25, 0.3) is 0 Å². The lowest BCUT2D eigenvalue weighted by atomic mass is 9.65. The van der Waals surface area contributed by atoms with E-state index in [-0.39, 0.29) is 5.41 Å². The van der Waals surface area contributed by atoms with Gasteiger partial charge in [-0.3, -0.25) is 0 Å². The van der Waals surface area contributed by atoms with Crippen LogP contribution in [0.2, 0.25) is 0 Å². The van der Waals surface area contributed by atoms with Gasteiger partial charge in [0.1, 0.15) is 0 Å². The van der Waals surface area contributed by atoms with Gasteiger partial charge in [-0.05, 0) is 92.4 Å². The predicted octanol–water partition coefficient (Wildman–Crippen LogP) is 5.85. The number of nitrogens with one attached hydrogen (secondary N) is 1. The van der Waals surface area contributed by atoms with E-state index in [0.717, 1.165) is 54.1 Å². The van der Waals surface area contributed by atoms with Crippen LogP contribution in [-0.2, 0) is 5.41 Å². The SMILES string of the molecule is COc1ccc([C@@]23CCC(Nc4ccc(-c5cccc(C#N)c5)cc4)C[C@@H]2N(C)CC3)cc1OC. The van der Waals surface area contributed by atoms with Gasteiger partial charge in [-0.2, -0.15) is 5.26 Å². The number of nitriles is 1. The zero-order valence-electron chi connectivity index (χ0n) is 20.8. The molecule has 1 N–H and O–H groups in total. The van der Waals surface area contributed by atoms with Crippen LogP contribution in [0.3, 0.4) is 0 Å². The molecule has 3 atom stereocenters. The lowest BCUT2D eigenvalue weighted by Crippen LogP contribution is -2.49. The molecule has 5 heteroatoms. The van der Waals surface area contributed by atoms with Crippen LogP contribution in [-0.4, -0.2) is 44.8 Å². The molecule has 1 heterocycles. The molecule has 1 aliphatic carbocycles. The number of likely N-dealkylation sites (tertiary alicyclic amines) is 1. The van der Waals surface area contributed by atoms with Crippen LogP contribution in [0, 0.1) is 11.3 Å². The summed E-state index contributed by atoms with van der Waals surface area (Å²) >= 11 is 0. The average molecular weight is 468 g/mol. The average Bonchev–Trinajstić information content (AvgIpc) is 3.25. The number of anilines is 1. The second-order valence-corrected chi connectivity index (χ2v) is 9.86. The summed E-state index contributed by atoms with van der Waals surface area (Å²) in [6.07, 6.45) is 4.56. The molecule has 0 radical (unpaired) electrons. The van der Waals surface area contributed by atoms with E-state index in [9.17, 15) is 5.26 Å². The first-order valence-electron chi connectivity index (χ1n) is 12.4. The molecular weight excluding hydrogens is 434 g/mol. The van der Waals surface area contributed by atoms with E-state index in [0.29, 0.717) is 17.6 Å². The summed E-state index contributed by atoms with van der Waals surface area (Å²) in [5.41, 5.74) is 5.55. The summed E-state index contributed by atoms with van der Waals surface area (Å²) in [5, 5.41) is 13.0. The number of hydrogen-bond acceptors (Lipinski definition) is 5. The molecule has 35 heavy (non-hydrogen) atoms. The van der Waals surface area contributed by atoms with E-state index in [4.69, 9.17) is 9.47 Å². The fraction of sp³-hybridized carbons (Fsp3) is 0.367. The Morgan fingerprint density at radius 3 is 2.49 bits per heavy atom. The van der Waals surface area contributed by atoms with Crippen molar-refractivity contribution in [2.24, 2.45) is 0 Å². The summed E-state index contributed by atoms with van der Waals surface area (Å²) in [6.45, 7) is 1.11. The van der Waals surface area contributed by atoms with Crippen LogP contribution in [0.4, 0.5) is 5.69 Å². The monoisotopic (exact) mass is 467 g/mol. The Balaban J connectivity index is 1.32. The molecule has 0 spiro atoms.